The van der Waals surface area contributed by atoms with E-state index in [0.29, 0.717) is 18.4 Å². The van der Waals surface area contributed by atoms with Crippen LogP contribution in [0.5, 0.6) is 0 Å². The Kier molecular flexibility index (Phi) is 5.09. The maximum absolute atomic E-state index is 14.0. The molecule has 0 amide bonds. The van der Waals surface area contributed by atoms with Crippen LogP contribution in [0.2, 0.25) is 0 Å². The van der Waals surface area contributed by atoms with E-state index in [1.807, 2.05) is 19.4 Å². The normalized spacial score (nSPS) is 41.5. The van der Waals surface area contributed by atoms with Gasteiger partial charge in [0, 0.05) is 30.6 Å². The molecule has 8 rings (SSSR count). The molecule has 1 aromatic heterocycles. The van der Waals surface area contributed by atoms with Gasteiger partial charge in [-0.2, -0.15) is 0 Å². The summed E-state index contributed by atoms with van der Waals surface area (Å²) in [5.74, 6) is 1.03. The number of allylic oxidation sites excluding steroid dienone is 1. The van der Waals surface area contributed by atoms with Crippen molar-refractivity contribution in [3.8, 4) is 0 Å². The van der Waals surface area contributed by atoms with E-state index in [9.17, 15) is 5.21 Å². The molecular formula is C34H42N2O3. The van der Waals surface area contributed by atoms with Crippen LogP contribution >= 0.6 is 0 Å². The third-order valence-electron chi connectivity index (χ3n) is 12.1. The fourth-order valence-corrected chi connectivity index (χ4v) is 10.1. The molecule has 5 heteroatoms. The summed E-state index contributed by atoms with van der Waals surface area (Å²) in [5.41, 5.74) is 4.14. The number of pyridine rings is 1. The Labute approximate surface area is 232 Å². The van der Waals surface area contributed by atoms with E-state index >= 15 is 0 Å². The van der Waals surface area contributed by atoms with Crippen molar-refractivity contribution in [1.29, 1.82) is 0 Å². The Morgan fingerprint density at radius 1 is 1.08 bits per heavy atom. The van der Waals surface area contributed by atoms with Crippen molar-refractivity contribution in [2.24, 2.45) is 16.7 Å². The van der Waals surface area contributed by atoms with Gasteiger partial charge in [-0.15, -0.1) is 0 Å². The summed E-state index contributed by atoms with van der Waals surface area (Å²) in [7, 11) is 1.91. The van der Waals surface area contributed by atoms with E-state index in [-0.39, 0.29) is 32.7 Å². The number of rotatable bonds is 4. The Bertz CT molecular complexity index is 1410. The van der Waals surface area contributed by atoms with Gasteiger partial charge in [-0.1, -0.05) is 31.2 Å². The summed E-state index contributed by atoms with van der Waals surface area (Å²) in [6, 6.07) is 9.23. The van der Waals surface area contributed by atoms with E-state index in [1.165, 1.54) is 40.3 Å². The zero-order valence-electron chi connectivity index (χ0n) is 23.7. The van der Waals surface area contributed by atoms with Gasteiger partial charge < -0.3 is 19.3 Å². The molecule has 7 atom stereocenters. The van der Waals surface area contributed by atoms with Crippen LogP contribution in [0.1, 0.15) is 76.7 Å². The minimum atomic E-state index is -0.244. The third kappa shape index (κ3) is 3.43. The summed E-state index contributed by atoms with van der Waals surface area (Å²) in [5, 5.41) is 16.5. The molecule has 5 nitrogen and oxygen atoms in total. The number of quaternary nitrogens is 1. The van der Waals surface area contributed by atoms with Crippen LogP contribution in [0.4, 0.5) is 0 Å². The minimum Gasteiger partial charge on any atom is -0.633 e. The number of fused-ring (bicyclic) bond motifs is 2. The monoisotopic (exact) mass is 526 g/mol. The maximum atomic E-state index is 14.0. The van der Waals surface area contributed by atoms with Crippen molar-refractivity contribution in [2.75, 3.05) is 26.8 Å². The van der Waals surface area contributed by atoms with Crippen molar-refractivity contribution >= 4 is 10.8 Å². The lowest BCUT2D eigenvalue weighted by Crippen LogP contribution is -2.61. The van der Waals surface area contributed by atoms with Crippen molar-refractivity contribution in [3.63, 3.8) is 0 Å². The number of hydroxylamine groups is 3. The Hall–Kier alpha value is -2.05. The second-order valence-electron chi connectivity index (χ2n) is 14.7. The summed E-state index contributed by atoms with van der Waals surface area (Å²) in [4.78, 5) is 4.39. The van der Waals surface area contributed by atoms with Crippen LogP contribution in [-0.2, 0) is 9.47 Å². The molecule has 4 heterocycles. The SMILES string of the molecule is CC1(C[N+](C)([O-])C2CCC3=CC4=CCC5(C)C(c6ccc7ccncc7c6)CC[C@H]5[C@@]45CC[C@]3(C2)O5)COC1. The largest absolute Gasteiger partial charge is 0.633 e. The van der Waals surface area contributed by atoms with E-state index in [2.05, 4.69) is 55.2 Å². The summed E-state index contributed by atoms with van der Waals surface area (Å²) < 4.78 is 12.8. The first-order valence-electron chi connectivity index (χ1n) is 15.2. The van der Waals surface area contributed by atoms with E-state index < -0.39 is 0 Å². The molecule has 4 unspecified atom stereocenters. The van der Waals surface area contributed by atoms with Gasteiger partial charge in [0.25, 0.3) is 0 Å². The number of hydrogen-bond donors (Lipinski definition) is 0. The fourth-order valence-electron chi connectivity index (χ4n) is 10.1. The van der Waals surface area contributed by atoms with Gasteiger partial charge in [0.15, 0.2) is 0 Å². The highest BCUT2D eigenvalue weighted by Gasteiger charge is 2.67. The van der Waals surface area contributed by atoms with Crippen LogP contribution < -0.4 is 0 Å². The molecule has 2 saturated carbocycles. The van der Waals surface area contributed by atoms with Crippen molar-refractivity contribution in [3.05, 3.63) is 70.7 Å². The van der Waals surface area contributed by atoms with Crippen LogP contribution in [0.25, 0.3) is 10.8 Å². The average Bonchev–Trinajstić information content (AvgIpc) is 3.42. The Balaban J connectivity index is 1.11. The zero-order chi connectivity index (χ0) is 26.7. The van der Waals surface area contributed by atoms with Gasteiger partial charge in [0.05, 0.1) is 49.5 Å². The summed E-state index contributed by atoms with van der Waals surface area (Å²) >= 11 is 0. The van der Waals surface area contributed by atoms with Crippen molar-refractivity contribution in [2.45, 2.75) is 88.4 Å². The molecule has 1 aromatic carbocycles. The molecule has 206 valence electrons. The van der Waals surface area contributed by atoms with Gasteiger partial charge in [-0.05, 0) is 96.9 Å². The number of ether oxygens (including phenoxy) is 2. The first-order valence-corrected chi connectivity index (χ1v) is 15.2. The predicted octanol–water partition coefficient (Wildman–Crippen LogP) is 6.83. The first-order chi connectivity index (χ1) is 18.6. The van der Waals surface area contributed by atoms with Crippen molar-refractivity contribution < 1.29 is 14.1 Å². The summed E-state index contributed by atoms with van der Waals surface area (Å²) in [6.45, 7) is 6.83. The highest BCUT2D eigenvalue weighted by molar-refractivity contribution is 5.82. The van der Waals surface area contributed by atoms with Crippen LogP contribution in [-0.4, -0.2) is 53.7 Å². The quantitative estimate of drug-likeness (QED) is 0.324. The zero-order valence-corrected chi connectivity index (χ0v) is 23.7. The van der Waals surface area contributed by atoms with Crippen molar-refractivity contribution in [1.82, 2.24) is 4.98 Å². The van der Waals surface area contributed by atoms with E-state index in [1.54, 1.807) is 0 Å². The number of nitrogens with zero attached hydrogens (tertiary/aromatic N) is 2. The molecule has 2 aromatic rings. The molecule has 2 bridgehead atoms. The maximum Gasteiger partial charge on any atom is 0.0975 e. The minimum absolute atomic E-state index is 0.0212. The molecule has 39 heavy (non-hydrogen) atoms. The molecule has 0 radical (unpaired) electrons. The second-order valence-corrected chi connectivity index (χ2v) is 14.7. The fraction of sp³-hybridized carbons (Fsp3) is 0.618. The molecule has 3 aliphatic carbocycles. The molecule has 4 fully saturated rings. The molecule has 0 N–H and O–H groups in total. The molecular weight excluding hydrogens is 484 g/mol. The smallest absolute Gasteiger partial charge is 0.0975 e. The highest BCUT2D eigenvalue weighted by atomic mass is 16.6. The van der Waals surface area contributed by atoms with Gasteiger partial charge >= 0.3 is 0 Å². The molecule has 6 aliphatic rings. The lowest BCUT2D eigenvalue weighted by Gasteiger charge is -2.58. The topological polar surface area (TPSA) is 54.4 Å². The first kappa shape index (κ1) is 24.7. The number of benzene rings is 1. The van der Waals surface area contributed by atoms with Crippen LogP contribution in [0.15, 0.2) is 60.0 Å². The van der Waals surface area contributed by atoms with Crippen LogP contribution in [0, 0.1) is 22.0 Å². The lowest BCUT2D eigenvalue weighted by molar-refractivity contribution is -0.896. The Morgan fingerprint density at radius 2 is 1.95 bits per heavy atom. The highest BCUT2D eigenvalue weighted by Crippen LogP contribution is 2.69. The van der Waals surface area contributed by atoms with Gasteiger partial charge in [0.1, 0.15) is 0 Å². The summed E-state index contributed by atoms with van der Waals surface area (Å²) in [6.07, 6.45) is 17.5. The number of aromatic nitrogens is 1. The predicted molar refractivity (Wildman–Crippen MR) is 153 cm³/mol. The average molecular weight is 527 g/mol. The number of hydrogen-bond acceptors (Lipinski definition) is 4. The molecule has 3 aliphatic heterocycles. The lowest BCUT2D eigenvalue weighted by atomic mass is 9.58. The van der Waals surface area contributed by atoms with Gasteiger partial charge in [-0.25, -0.2) is 0 Å². The molecule has 2 spiro atoms. The van der Waals surface area contributed by atoms with Gasteiger partial charge in [0.2, 0.25) is 0 Å². The van der Waals surface area contributed by atoms with E-state index in [4.69, 9.17) is 9.47 Å². The van der Waals surface area contributed by atoms with Gasteiger partial charge in [-0.3, -0.25) is 4.98 Å². The standard InChI is InChI=1S/C34H42N2O3/c1-31(21-38-22-31)20-36(3,37)28-7-6-26-17-27-10-12-32(2)29(24-5-4-23-11-15-35-19-25(23)16-24)8-9-30(32)34(27)14-13-33(26,18-28)39-34/h4-5,10-11,15-17,19,28-30H,6-9,12-14,18,20-22H2,1-3H3/t28?,29?,30-,32?,33-,34-,36?/m1/s1. The molecule has 2 saturated heterocycles. The Morgan fingerprint density at radius 3 is 2.77 bits per heavy atom. The second kappa shape index (κ2) is 8.03. The van der Waals surface area contributed by atoms with Crippen LogP contribution in [0.3, 0.4) is 0 Å². The van der Waals surface area contributed by atoms with E-state index in [0.717, 1.165) is 51.7 Å². The third-order valence-corrected chi connectivity index (χ3v) is 12.1.